The lowest BCUT2D eigenvalue weighted by atomic mass is 10.1. The van der Waals surface area contributed by atoms with Crippen LogP contribution >= 0.6 is 0 Å². The molecule has 2 aromatic heterocycles. The van der Waals surface area contributed by atoms with E-state index in [2.05, 4.69) is 86.3 Å². The summed E-state index contributed by atoms with van der Waals surface area (Å²) in [4.78, 5) is 40.2. The Morgan fingerprint density at radius 1 is 0.631 bits per heavy atom. The third-order valence-corrected chi connectivity index (χ3v) is 12.6. The molecule has 1 saturated heterocycles. The monoisotopic (exact) mass is 1260 g/mol. The van der Waals surface area contributed by atoms with Crippen molar-refractivity contribution in [3.8, 4) is 0 Å². The minimum absolute atomic E-state index is 0.210. The summed E-state index contributed by atoms with van der Waals surface area (Å²) in [6.07, 6.45) is -5.40. The second-order valence-corrected chi connectivity index (χ2v) is 21.4. The maximum absolute atomic E-state index is 12.6. The fourth-order valence-corrected chi connectivity index (χ4v) is 7.89. The van der Waals surface area contributed by atoms with Gasteiger partial charge >= 0.3 is 36.4 Å². The molecule has 3 unspecified atom stereocenters. The number of hydrogen-bond donors (Lipinski definition) is 1. The summed E-state index contributed by atoms with van der Waals surface area (Å²) >= 11 is 0. The molecule has 0 radical (unpaired) electrons. The van der Waals surface area contributed by atoms with Crippen LogP contribution in [-0.2, 0) is 62.9 Å². The smallest absolute Gasteiger partial charge is 0.426 e. The average Bonchev–Trinajstić information content (AvgIpc) is 4.12. The van der Waals surface area contributed by atoms with Crippen molar-refractivity contribution in [2.45, 2.75) is 82.9 Å². The van der Waals surface area contributed by atoms with Crippen molar-refractivity contribution in [1.29, 1.82) is 0 Å². The van der Waals surface area contributed by atoms with Crippen molar-refractivity contribution in [2.75, 3.05) is 30.5 Å². The summed E-state index contributed by atoms with van der Waals surface area (Å²) in [7, 11) is -13.5. The summed E-state index contributed by atoms with van der Waals surface area (Å²) < 4.78 is 229. The van der Waals surface area contributed by atoms with Crippen molar-refractivity contribution in [3.05, 3.63) is 163 Å². The molecule has 2 N–H and O–H groups in total. The molecule has 3 heterocycles. The van der Waals surface area contributed by atoms with Gasteiger partial charge in [0.15, 0.2) is 0 Å². The van der Waals surface area contributed by atoms with Crippen molar-refractivity contribution < 1.29 is 121 Å². The van der Waals surface area contributed by atoms with Gasteiger partial charge in [-0.1, -0.05) is 81.3 Å². The molecule has 1 fully saturated rings. The van der Waals surface area contributed by atoms with E-state index in [0.717, 1.165) is 19.8 Å². The molecule has 0 amide bonds. The number of aromatic nitrogens is 4. The molecule has 5 aromatic rings. The lowest BCUT2D eigenvalue weighted by Gasteiger charge is -2.21. The lowest BCUT2D eigenvalue weighted by Crippen LogP contribution is -2.39. The topological polar surface area (TPSA) is 298 Å². The largest absolute Gasteiger partial charge is 0.748 e. The second kappa shape index (κ2) is 35.2. The third-order valence-electron chi connectivity index (χ3n) is 10.4. The number of hydrogen-bond acceptors (Lipinski definition) is 16. The number of aromatic amines is 2. The number of ether oxygens (including phenoxy) is 4. The van der Waals surface area contributed by atoms with Gasteiger partial charge < -0.3 is 32.6 Å². The van der Waals surface area contributed by atoms with Gasteiger partial charge in [-0.25, -0.2) is 48.8 Å². The molecule has 1 aliphatic heterocycles. The first-order valence-electron chi connectivity index (χ1n) is 24.2. The Bertz CT molecular complexity index is 2870. The minimum Gasteiger partial charge on any atom is -0.748 e. The number of carbonyl (C=O) groups is 3. The van der Waals surface area contributed by atoms with Gasteiger partial charge in [0.05, 0.1) is 77.9 Å². The van der Waals surface area contributed by atoms with E-state index in [1.165, 1.54) is 123 Å². The number of benzene rings is 3. The Morgan fingerprint density at radius 3 is 1.12 bits per heavy atom. The van der Waals surface area contributed by atoms with E-state index < -0.39 is 102 Å². The van der Waals surface area contributed by atoms with Crippen LogP contribution in [0.15, 0.2) is 124 Å². The van der Waals surface area contributed by atoms with Crippen LogP contribution in [0.4, 0.5) is 39.5 Å². The fraction of sp³-hybridized carbons (Fsp3) is 0.365. The number of alkyl halides is 9. The summed E-state index contributed by atoms with van der Waals surface area (Å²) in [6.45, 7) is 17.8. The summed E-state index contributed by atoms with van der Waals surface area (Å²) in [5.74, 6) is -8.42. The van der Waals surface area contributed by atoms with Crippen molar-refractivity contribution in [2.24, 2.45) is 7.05 Å². The van der Waals surface area contributed by atoms with E-state index in [1.54, 1.807) is 6.33 Å². The number of imidazole rings is 2. The quantitative estimate of drug-likeness (QED) is 0.0304. The first-order valence-corrected chi connectivity index (χ1v) is 29.0. The van der Waals surface area contributed by atoms with Crippen LogP contribution in [0.5, 0.6) is 0 Å². The predicted octanol–water partition coefficient (Wildman–Crippen LogP) is 7.93. The molecule has 0 spiro atoms. The van der Waals surface area contributed by atoms with E-state index >= 15 is 0 Å². The van der Waals surface area contributed by atoms with Crippen molar-refractivity contribution in [3.63, 3.8) is 0 Å². The summed E-state index contributed by atoms with van der Waals surface area (Å²) in [6, 6.07) is 15.6. The molecule has 20 nitrogen and oxygen atoms in total. The Balaban J connectivity index is 0.000000536. The SMILES string of the molecule is C1CCOCC1.C=Cc1ccc(C(=O)OC(CS(=O)(=O)[O-])C(F)(F)F)cc1.C=Cc1ccc(C(=O)OC(CS(=O)(=O)[O-])C(F)(F)F)cc1.C=Cc1ccc(C(=O)OC(CS(=O)(=O)[O-])C(F)(F)F)cc1.CCCn1cc[n+](C)c1C.c1c[nH+]c[nH]1. The minimum atomic E-state index is -5.21. The van der Waals surface area contributed by atoms with Gasteiger partial charge in [0.25, 0.3) is 5.82 Å². The highest BCUT2D eigenvalue weighted by Crippen LogP contribution is 2.28. The fourth-order valence-electron chi connectivity index (χ4n) is 6.00. The van der Waals surface area contributed by atoms with E-state index in [0.29, 0.717) is 16.7 Å². The van der Waals surface area contributed by atoms with Crippen LogP contribution in [0.25, 0.3) is 18.2 Å². The predicted molar refractivity (Wildman–Crippen MR) is 282 cm³/mol. The maximum Gasteiger partial charge on any atom is 0.426 e. The maximum atomic E-state index is 12.6. The van der Waals surface area contributed by atoms with E-state index in [9.17, 15) is 92.8 Å². The van der Waals surface area contributed by atoms with Gasteiger partial charge in [-0.2, -0.15) is 39.5 Å². The normalized spacial score (nSPS) is 13.6. The highest BCUT2D eigenvalue weighted by molar-refractivity contribution is 7.86. The molecule has 466 valence electrons. The number of nitrogens with zero attached hydrogens (tertiary/aromatic N) is 2. The molecule has 1 aliphatic rings. The number of H-pyrrole nitrogens is 2. The molecule has 3 aromatic carbocycles. The van der Waals surface area contributed by atoms with Gasteiger partial charge in [0.2, 0.25) is 24.6 Å². The Morgan fingerprint density at radius 2 is 0.952 bits per heavy atom. The number of rotatable bonds is 17. The first kappa shape index (κ1) is 74.8. The number of carbonyl (C=O) groups excluding carboxylic acids is 3. The molecule has 0 saturated carbocycles. The van der Waals surface area contributed by atoms with Gasteiger partial charge in [-0.15, -0.1) is 0 Å². The number of aryl methyl sites for hydroxylation is 2. The van der Waals surface area contributed by atoms with Gasteiger partial charge in [0.1, 0.15) is 24.8 Å². The first-order chi connectivity index (χ1) is 38.8. The molecule has 3 atom stereocenters. The molecular weight excluding hydrogens is 1200 g/mol. The van der Waals surface area contributed by atoms with Gasteiger partial charge in [-0.05, 0) is 78.8 Å². The zero-order valence-electron chi connectivity index (χ0n) is 45.0. The van der Waals surface area contributed by atoms with Crippen molar-refractivity contribution in [1.82, 2.24) is 9.55 Å². The Hall–Kier alpha value is -7.23. The molecular formula is C52H60F9N4O16S3-. The van der Waals surface area contributed by atoms with Crippen LogP contribution in [0, 0.1) is 6.92 Å². The number of esters is 3. The molecule has 0 bridgehead atoms. The summed E-state index contributed by atoms with van der Waals surface area (Å²) in [5.41, 5.74) is 1.25. The molecule has 32 heteroatoms. The molecule has 6 rings (SSSR count). The van der Waals surface area contributed by atoms with Crippen LogP contribution < -0.4 is 9.55 Å². The van der Waals surface area contributed by atoms with Crippen LogP contribution in [-0.4, -0.2) is 134 Å². The van der Waals surface area contributed by atoms with Gasteiger partial charge in [0, 0.05) is 20.1 Å². The Kier molecular flexibility index (Phi) is 31.3. The molecule has 0 aliphatic carbocycles. The van der Waals surface area contributed by atoms with E-state index in [4.69, 9.17) is 4.74 Å². The van der Waals surface area contributed by atoms with Gasteiger partial charge in [-0.3, -0.25) is 9.97 Å². The molecule has 84 heavy (non-hydrogen) atoms. The third kappa shape index (κ3) is 32.0. The zero-order valence-corrected chi connectivity index (χ0v) is 47.5. The summed E-state index contributed by atoms with van der Waals surface area (Å²) in [5, 5.41) is 0. The van der Waals surface area contributed by atoms with E-state index in [1.807, 2.05) is 12.4 Å². The average molecular weight is 1260 g/mol. The number of halogens is 9. The standard InChI is InChI=1S/3C12H11F3O5S.C8H15N2.C5H10O.C3H4N2/c3*1-2-8-3-5-9(6-4-8)11(16)20-10(12(13,14)15)7-21(17,18)19;1-4-5-10-7-6-9(3)8(10)2;1-2-4-6-5-3-1;1-2-5-3-4-1/h3*2-6,10H,1,7H2,(H,17,18,19);6-7H,4-5H2,1-3H3;1-5H2;1-3H,(H,4,5)/q;;;+1;;/p-2. The van der Waals surface area contributed by atoms with Crippen molar-refractivity contribution >= 4 is 66.5 Å². The number of nitrogens with one attached hydrogen (secondary N) is 2. The zero-order chi connectivity index (χ0) is 64.1. The van der Waals surface area contributed by atoms with E-state index in [-0.39, 0.29) is 16.7 Å². The lowest BCUT2D eigenvalue weighted by molar-refractivity contribution is -0.677. The van der Waals surface area contributed by atoms with Crippen LogP contribution in [0.1, 0.15) is 86.2 Å². The highest BCUT2D eigenvalue weighted by atomic mass is 32.2. The second-order valence-electron chi connectivity index (χ2n) is 17.1. The highest BCUT2D eigenvalue weighted by Gasteiger charge is 2.46. The Labute approximate surface area is 478 Å². The van der Waals surface area contributed by atoms with Crippen LogP contribution in [0.2, 0.25) is 0 Å². The van der Waals surface area contributed by atoms with Crippen LogP contribution in [0.3, 0.4) is 0 Å².